The molecule has 0 aromatic rings. The average molecular weight is 244 g/mol. The van der Waals surface area contributed by atoms with Crippen LogP contribution in [-0.4, -0.2) is 32.3 Å². The van der Waals surface area contributed by atoms with Gasteiger partial charge < -0.3 is 4.34 Å². The van der Waals surface area contributed by atoms with Gasteiger partial charge in [0.2, 0.25) is 0 Å². The number of hydrogen-bond donors (Lipinski definition) is 0. The van der Waals surface area contributed by atoms with Gasteiger partial charge in [0, 0.05) is 6.92 Å². The molecule has 0 aliphatic heterocycles. The van der Waals surface area contributed by atoms with Crippen LogP contribution in [0.2, 0.25) is 39.3 Å². The first-order valence-corrected chi connectivity index (χ1v) is 12.2. The van der Waals surface area contributed by atoms with E-state index < -0.39 is 16.5 Å². The zero-order valence-electron chi connectivity index (χ0n) is 11.3. The molecule has 3 nitrogen and oxygen atoms in total. The van der Waals surface area contributed by atoms with Crippen molar-refractivity contribution < 1.29 is 4.79 Å². The first-order valence-electron chi connectivity index (χ1n) is 5.32. The van der Waals surface area contributed by atoms with Gasteiger partial charge in [-0.1, -0.05) is 39.3 Å². The van der Waals surface area contributed by atoms with E-state index in [1.807, 2.05) is 0 Å². The van der Waals surface area contributed by atoms with Gasteiger partial charge in [0.15, 0.2) is 22.3 Å². The van der Waals surface area contributed by atoms with Gasteiger partial charge in [0.25, 0.3) is 0 Å². The lowest BCUT2D eigenvalue weighted by Gasteiger charge is -2.41. The topological polar surface area (TPSA) is 32.7 Å². The van der Waals surface area contributed by atoms with Crippen LogP contribution in [0.25, 0.3) is 0 Å². The Balaban J connectivity index is 5.17. The normalized spacial score (nSPS) is 14.0. The minimum Gasteiger partial charge on any atom is -0.349 e. The molecule has 0 aromatic carbocycles. The van der Waals surface area contributed by atoms with Gasteiger partial charge in [-0.25, -0.2) is 0 Å². The van der Waals surface area contributed by atoms with Crippen molar-refractivity contribution in [3.05, 3.63) is 0 Å². The molecule has 15 heavy (non-hydrogen) atoms. The number of hydrogen-bond acceptors (Lipinski definition) is 3. The Kier molecular flexibility index (Phi) is 4.48. The molecule has 0 saturated carbocycles. The van der Waals surface area contributed by atoms with Crippen molar-refractivity contribution in [3.63, 3.8) is 0 Å². The molecule has 0 fully saturated rings. The molecule has 0 aliphatic carbocycles. The lowest BCUT2D eigenvalue weighted by molar-refractivity contribution is -0.111. The summed E-state index contributed by atoms with van der Waals surface area (Å²) in [6.45, 7) is 17.0. The molecule has 88 valence electrons. The molecule has 0 heterocycles. The number of carbonyl (C=O) groups is 1. The number of ketones is 1. The van der Waals surface area contributed by atoms with Crippen LogP contribution < -0.4 is 0 Å². The van der Waals surface area contributed by atoms with E-state index in [9.17, 15) is 4.79 Å². The van der Waals surface area contributed by atoms with Crippen LogP contribution in [0.15, 0.2) is 5.10 Å². The Labute approximate surface area is 95.7 Å². The molecular weight excluding hydrogens is 220 g/mol. The summed E-state index contributed by atoms with van der Waals surface area (Å²) in [5.74, 6) is 0.0662. The first kappa shape index (κ1) is 14.6. The van der Waals surface area contributed by atoms with E-state index in [0.29, 0.717) is 5.71 Å². The predicted molar refractivity (Wildman–Crippen MR) is 72.3 cm³/mol. The summed E-state index contributed by atoms with van der Waals surface area (Å²) in [5, 5.41) is 4.54. The fourth-order valence-corrected chi connectivity index (χ4v) is 10.5. The second-order valence-electron chi connectivity index (χ2n) is 5.90. The highest BCUT2D eigenvalue weighted by Crippen LogP contribution is 2.20. The number of nitrogens with zero attached hydrogens (tertiary/aromatic N) is 2. The van der Waals surface area contributed by atoms with Crippen molar-refractivity contribution in [2.75, 3.05) is 0 Å². The van der Waals surface area contributed by atoms with Crippen molar-refractivity contribution in [1.82, 2.24) is 4.34 Å². The SMILES string of the molecule is CC(=O)/C(C)=N/N([Si](C)(C)C)[Si](C)(C)C. The van der Waals surface area contributed by atoms with Crippen molar-refractivity contribution in [2.24, 2.45) is 5.10 Å². The molecule has 0 aromatic heterocycles. The van der Waals surface area contributed by atoms with Gasteiger partial charge >= 0.3 is 0 Å². The van der Waals surface area contributed by atoms with E-state index in [1.165, 1.54) is 0 Å². The third-order valence-electron chi connectivity index (χ3n) is 2.03. The Hall–Kier alpha value is -0.426. The highest BCUT2D eigenvalue weighted by atomic mass is 28.4. The van der Waals surface area contributed by atoms with Crippen molar-refractivity contribution in [1.29, 1.82) is 0 Å². The van der Waals surface area contributed by atoms with Crippen LogP contribution in [0.3, 0.4) is 0 Å². The summed E-state index contributed by atoms with van der Waals surface area (Å²) < 4.78 is 2.26. The summed E-state index contributed by atoms with van der Waals surface area (Å²) >= 11 is 0. The van der Waals surface area contributed by atoms with Crippen LogP contribution in [0.1, 0.15) is 13.8 Å². The van der Waals surface area contributed by atoms with E-state index in [4.69, 9.17) is 0 Å². The van der Waals surface area contributed by atoms with Crippen LogP contribution >= 0.6 is 0 Å². The fraction of sp³-hybridized carbons (Fsp3) is 0.800. The lowest BCUT2D eigenvalue weighted by atomic mass is 10.3. The van der Waals surface area contributed by atoms with E-state index in [1.54, 1.807) is 13.8 Å². The molecule has 0 bridgehead atoms. The second-order valence-corrected chi connectivity index (χ2v) is 15.9. The molecule has 0 unspecified atom stereocenters. The minimum atomic E-state index is -1.48. The van der Waals surface area contributed by atoms with Gasteiger partial charge in [0.1, 0.15) is 0 Å². The van der Waals surface area contributed by atoms with Crippen molar-refractivity contribution >= 4 is 28.0 Å². The Morgan fingerprint density at radius 2 is 1.27 bits per heavy atom. The highest BCUT2D eigenvalue weighted by molar-refractivity contribution is 6.89. The van der Waals surface area contributed by atoms with E-state index >= 15 is 0 Å². The first-order chi connectivity index (χ1) is 6.46. The summed E-state index contributed by atoms with van der Waals surface area (Å²) in [7, 11) is -2.95. The summed E-state index contributed by atoms with van der Waals surface area (Å²) in [6, 6.07) is 0. The standard InChI is InChI=1S/C10H24N2OSi2/c1-9(10(2)13)11-12(14(3,4)5)15(6,7)8/h1-8H3/b11-9+. The van der Waals surface area contributed by atoms with Crippen LogP contribution in [0.4, 0.5) is 0 Å². The quantitative estimate of drug-likeness (QED) is 0.433. The summed E-state index contributed by atoms with van der Waals surface area (Å²) in [6.07, 6.45) is 0. The van der Waals surface area contributed by atoms with Crippen molar-refractivity contribution in [3.8, 4) is 0 Å². The van der Waals surface area contributed by atoms with Gasteiger partial charge in [0.05, 0.1) is 5.71 Å². The Morgan fingerprint density at radius 1 is 0.933 bits per heavy atom. The number of rotatable bonds is 4. The molecule has 0 N–H and O–H groups in total. The van der Waals surface area contributed by atoms with E-state index in [0.717, 1.165) is 0 Å². The summed E-state index contributed by atoms with van der Waals surface area (Å²) in [5.41, 5.74) is 0.625. The summed E-state index contributed by atoms with van der Waals surface area (Å²) in [4.78, 5) is 11.2. The molecular formula is C10H24N2OSi2. The minimum absolute atomic E-state index is 0.0662. The van der Waals surface area contributed by atoms with E-state index in [-0.39, 0.29) is 5.78 Å². The zero-order valence-corrected chi connectivity index (χ0v) is 13.3. The maximum atomic E-state index is 11.2. The molecule has 0 aliphatic rings. The van der Waals surface area contributed by atoms with Crippen LogP contribution in [0, 0.1) is 0 Å². The molecule has 0 radical (unpaired) electrons. The molecule has 0 rings (SSSR count). The number of carbonyl (C=O) groups excluding carboxylic acids is 1. The molecule has 5 heteroatoms. The van der Waals surface area contributed by atoms with Crippen LogP contribution in [0.5, 0.6) is 0 Å². The third kappa shape index (κ3) is 4.75. The largest absolute Gasteiger partial charge is 0.349 e. The van der Waals surface area contributed by atoms with Crippen molar-refractivity contribution in [2.45, 2.75) is 53.1 Å². The molecule has 0 amide bonds. The Bertz CT molecular complexity index is 260. The average Bonchev–Trinajstić information content (AvgIpc) is 1.94. The number of Topliss-reactive ketones (excluding diaryl/α,β-unsaturated/α-hetero) is 1. The molecule has 0 saturated heterocycles. The fourth-order valence-electron chi connectivity index (χ4n) is 1.53. The third-order valence-corrected chi connectivity index (χ3v) is 8.80. The predicted octanol–water partition coefficient (Wildman–Crippen LogP) is 2.92. The second kappa shape index (κ2) is 4.61. The van der Waals surface area contributed by atoms with Gasteiger partial charge in [-0.05, 0) is 6.92 Å². The van der Waals surface area contributed by atoms with E-state index in [2.05, 4.69) is 48.7 Å². The smallest absolute Gasteiger partial charge is 0.175 e. The van der Waals surface area contributed by atoms with Gasteiger partial charge in [-0.3, -0.25) is 4.79 Å². The maximum absolute atomic E-state index is 11.2. The monoisotopic (exact) mass is 244 g/mol. The van der Waals surface area contributed by atoms with Gasteiger partial charge in [-0.2, -0.15) is 5.10 Å². The van der Waals surface area contributed by atoms with Gasteiger partial charge in [-0.15, -0.1) is 0 Å². The number of hydrazone groups is 1. The highest BCUT2D eigenvalue weighted by Gasteiger charge is 2.34. The molecule has 0 atom stereocenters. The zero-order chi connectivity index (χ0) is 12.4. The van der Waals surface area contributed by atoms with Crippen LogP contribution in [-0.2, 0) is 4.79 Å². The lowest BCUT2D eigenvalue weighted by Crippen LogP contribution is -2.56. The Morgan fingerprint density at radius 3 is 1.47 bits per heavy atom. The molecule has 0 spiro atoms. The maximum Gasteiger partial charge on any atom is 0.175 e.